The van der Waals surface area contributed by atoms with Crippen molar-refractivity contribution in [3.63, 3.8) is 0 Å². The van der Waals surface area contributed by atoms with Gasteiger partial charge in [0.15, 0.2) is 0 Å². The van der Waals surface area contributed by atoms with Gasteiger partial charge in [-0.2, -0.15) is 0 Å². The zero-order valence-electron chi connectivity index (χ0n) is 6.20. The molecule has 1 rings (SSSR count). The van der Waals surface area contributed by atoms with Crippen molar-refractivity contribution in [3.05, 3.63) is 29.3 Å². The van der Waals surface area contributed by atoms with Crippen molar-refractivity contribution in [2.75, 3.05) is 5.75 Å². The molecule has 64 valence electrons. The Bertz CT molecular complexity index is 312. The first kappa shape index (κ1) is 9.42. The molecule has 1 aromatic rings. The van der Waals surface area contributed by atoms with E-state index in [0.29, 0.717) is 16.2 Å². The van der Waals surface area contributed by atoms with Gasteiger partial charge in [0.1, 0.15) is 6.29 Å². The van der Waals surface area contributed by atoms with E-state index in [-0.39, 0.29) is 5.75 Å². The van der Waals surface area contributed by atoms with Crippen LogP contribution in [0.4, 0.5) is 0 Å². The predicted octanol–water partition coefficient (Wildman–Crippen LogP) is 1.65. The average Bonchev–Trinajstić information content (AvgIpc) is 2.05. The summed E-state index contributed by atoms with van der Waals surface area (Å²) in [6.07, 6.45) is 0.624. The first-order valence-electron chi connectivity index (χ1n) is 3.32. The molecular formula is C8H7ClO2S. The van der Waals surface area contributed by atoms with Gasteiger partial charge in [0.2, 0.25) is 0 Å². The summed E-state index contributed by atoms with van der Waals surface area (Å²) >= 11 is 5.75. The predicted molar refractivity (Wildman–Crippen MR) is 48.8 cm³/mol. The summed E-state index contributed by atoms with van der Waals surface area (Å²) in [4.78, 5) is 10.6. The van der Waals surface area contributed by atoms with Gasteiger partial charge in [-0.15, -0.1) is 0 Å². The minimum atomic E-state index is -1.30. The number of halogens is 1. The molecule has 0 aliphatic rings. The van der Waals surface area contributed by atoms with E-state index < -0.39 is 10.8 Å². The summed E-state index contributed by atoms with van der Waals surface area (Å²) in [5.41, 5.74) is 0. The fraction of sp³-hybridized carbons (Fsp3) is 0.125. The van der Waals surface area contributed by atoms with Crippen LogP contribution in [0.3, 0.4) is 0 Å². The molecule has 0 aromatic heterocycles. The van der Waals surface area contributed by atoms with Crippen LogP contribution in [0.1, 0.15) is 0 Å². The van der Waals surface area contributed by atoms with E-state index in [4.69, 9.17) is 11.6 Å². The topological polar surface area (TPSA) is 34.1 Å². The molecule has 0 amide bonds. The minimum Gasteiger partial charge on any atom is -0.302 e. The molecule has 0 fully saturated rings. The van der Waals surface area contributed by atoms with Gasteiger partial charge < -0.3 is 4.79 Å². The Labute approximate surface area is 78.0 Å². The van der Waals surface area contributed by atoms with Gasteiger partial charge in [-0.1, -0.05) is 23.7 Å². The highest BCUT2D eigenvalue weighted by atomic mass is 35.5. The van der Waals surface area contributed by atoms with Gasteiger partial charge in [0.05, 0.1) is 26.5 Å². The van der Waals surface area contributed by atoms with Crippen LogP contribution in [0, 0.1) is 0 Å². The third kappa shape index (κ3) is 2.16. The quantitative estimate of drug-likeness (QED) is 0.699. The van der Waals surface area contributed by atoms with E-state index in [9.17, 15) is 9.00 Å². The van der Waals surface area contributed by atoms with Crippen LogP contribution >= 0.6 is 11.6 Å². The van der Waals surface area contributed by atoms with E-state index in [1.165, 1.54) is 0 Å². The number of hydrogen-bond acceptors (Lipinski definition) is 2. The highest BCUT2D eigenvalue weighted by Crippen LogP contribution is 2.18. The van der Waals surface area contributed by atoms with Gasteiger partial charge in [0, 0.05) is 0 Å². The smallest absolute Gasteiger partial charge is 0.132 e. The van der Waals surface area contributed by atoms with Crippen LogP contribution in [0.2, 0.25) is 5.02 Å². The standard InChI is InChI=1S/C8H7ClO2S/c9-7-3-1-2-4-8(7)12(11)6-5-10/h1-5H,6H2. The Morgan fingerprint density at radius 1 is 1.42 bits per heavy atom. The maximum Gasteiger partial charge on any atom is 0.132 e. The summed E-state index contributed by atoms with van der Waals surface area (Å²) in [5.74, 6) is 0.00370. The van der Waals surface area contributed by atoms with Crippen molar-refractivity contribution >= 4 is 28.7 Å². The molecular weight excluding hydrogens is 196 g/mol. The second kappa shape index (κ2) is 4.38. The van der Waals surface area contributed by atoms with Crippen LogP contribution in [0.5, 0.6) is 0 Å². The SMILES string of the molecule is O=CCS(=O)c1ccccc1Cl. The van der Waals surface area contributed by atoms with E-state index in [1.807, 2.05) is 0 Å². The molecule has 1 unspecified atom stereocenters. The van der Waals surface area contributed by atoms with Crippen molar-refractivity contribution in [1.29, 1.82) is 0 Å². The van der Waals surface area contributed by atoms with Gasteiger partial charge in [-0.05, 0) is 12.1 Å². The number of carbonyl (C=O) groups excluding carboxylic acids is 1. The summed E-state index contributed by atoms with van der Waals surface area (Å²) in [6.45, 7) is 0. The van der Waals surface area contributed by atoms with Crippen molar-refractivity contribution < 1.29 is 9.00 Å². The van der Waals surface area contributed by atoms with Crippen LogP contribution in [-0.2, 0) is 15.6 Å². The number of carbonyl (C=O) groups is 1. The van der Waals surface area contributed by atoms with E-state index in [1.54, 1.807) is 24.3 Å². The molecule has 1 aromatic carbocycles. The lowest BCUT2D eigenvalue weighted by Crippen LogP contribution is -1.98. The third-order valence-electron chi connectivity index (χ3n) is 1.30. The fourth-order valence-electron chi connectivity index (χ4n) is 0.781. The molecule has 0 N–H and O–H groups in total. The lowest BCUT2D eigenvalue weighted by atomic mass is 10.4. The molecule has 0 spiro atoms. The van der Waals surface area contributed by atoms with E-state index >= 15 is 0 Å². The monoisotopic (exact) mass is 202 g/mol. The molecule has 0 saturated carbocycles. The zero-order chi connectivity index (χ0) is 8.97. The fourth-order valence-corrected chi connectivity index (χ4v) is 1.99. The Hall–Kier alpha value is -0.670. The summed E-state index contributed by atoms with van der Waals surface area (Å²) in [5, 5.41) is 0.442. The maximum atomic E-state index is 11.3. The van der Waals surface area contributed by atoms with Crippen molar-refractivity contribution in [1.82, 2.24) is 0 Å². The Kier molecular flexibility index (Phi) is 3.44. The summed E-state index contributed by atoms with van der Waals surface area (Å²) in [6, 6.07) is 6.80. The molecule has 0 bridgehead atoms. The van der Waals surface area contributed by atoms with Crippen LogP contribution in [0.25, 0.3) is 0 Å². The number of aldehydes is 1. The van der Waals surface area contributed by atoms with E-state index in [2.05, 4.69) is 0 Å². The van der Waals surface area contributed by atoms with E-state index in [0.717, 1.165) is 0 Å². The minimum absolute atomic E-state index is 0.00370. The van der Waals surface area contributed by atoms with Crippen LogP contribution < -0.4 is 0 Å². The van der Waals surface area contributed by atoms with Crippen molar-refractivity contribution in [2.45, 2.75) is 4.90 Å². The molecule has 1 atom stereocenters. The Balaban J connectivity index is 2.94. The van der Waals surface area contributed by atoms with Gasteiger partial charge in [0.25, 0.3) is 0 Å². The normalized spacial score (nSPS) is 12.4. The molecule has 4 heteroatoms. The number of benzene rings is 1. The zero-order valence-corrected chi connectivity index (χ0v) is 7.77. The molecule has 0 heterocycles. The van der Waals surface area contributed by atoms with Gasteiger partial charge >= 0.3 is 0 Å². The first-order valence-corrected chi connectivity index (χ1v) is 5.02. The molecule has 0 radical (unpaired) electrons. The highest BCUT2D eigenvalue weighted by molar-refractivity contribution is 7.85. The maximum absolute atomic E-state index is 11.3. The van der Waals surface area contributed by atoms with Crippen molar-refractivity contribution in [2.24, 2.45) is 0 Å². The largest absolute Gasteiger partial charge is 0.302 e. The lowest BCUT2D eigenvalue weighted by Gasteiger charge is -1.99. The second-order valence-electron chi connectivity index (χ2n) is 2.11. The van der Waals surface area contributed by atoms with Gasteiger partial charge in [-0.3, -0.25) is 4.21 Å². The average molecular weight is 203 g/mol. The lowest BCUT2D eigenvalue weighted by molar-refractivity contribution is -0.105. The molecule has 2 nitrogen and oxygen atoms in total. The highest BCUT2D eigenvalue weighted by Gasteiger charge is 2.05. The Morgan fingerprint density at radius 3 is 2.67 bits per heavy atom. The summed E-state index contributed by atoms with van der Waals surface area (Å²) in [7, 11) is -1.30. The Morgan fingerprint density at radius 2 is 2.08 bits per heavy atom. The van der Waals surface area contributed by atoms with Crippen LogP contribution in [-0.4, -0.2) is 16.2 Å². The van der Waals surface area contributed by atoms with Crippen molar-refractivity contribution in [3.8, 4) is 0 Å². The second-order valence-corrected chi connectivity index (χ2v) is 3.98. The number of hydrogen-bond donors (Lipinski definition) is 0. The molecule has 12 heavy (non-hydrogen) atoms. The van der Waals surface area contributed by atoms with Gasteiger partial charge in [-0.25, -0.2) is 0 Å². The molecule has 0 saturated heterocycles. The van der Waals surface area contributed by atoms with Crippen LogP contribution in [0.15, 0.2) is 29.2 Å². The number of rotatable bonds is 3. The summed E-state index contributed by atoms with van der Waals surface area (Å²) < 4.78 is 11.3. The third-order valence-corrected chi connectivity index (χ3v) is 3.03. The molecule has 0 aliphatic heterocycles. The first-order chi connectivity index (χ1) is 5.75. The molecule has 0 aliphatic carbocycles.